The molecule has 2 aliphatic rings. The average molecular weight is 294 g/mol. The van der Waals surface area contributed by atoms with Crippen LogP contribution in [-0.2, 0) is 9.47 Å². The van der Waals surface area contributed by atoms with Crippen LogP contribution in [0.2, 0.25) is 0 Å². The highest BCUT2D eigenvalue weighted by Gasteiger charge is 2.42. The van der Waals surface area contributed by atoms with Gasteiger partial charge in [-0.2, -0.15) is 0 Å². The van der Waals surface area contributed by atoms with Gasteiger partial charge < -0.3 is 19.7 Å². The zero-order valence-electron chi connectivity index (χ0n) is 13.1. The number of terminal acetylenes is 1. The Kier molecular flexibility index (Phi) is 5.49. The van der Waals surface area contributed by atoms with Gasteiger partial charge in [0.2, 0.25) is 0 Å². The molecule has 0 aromatic heterocycles. The lowest BCUT2D eigenvalue weighted by molar-refractivity contribution is -0.189. The van der Waals surface area contributed by atoms with Crippen molar-refractivity contribution < 1.29 is 14.3 Å². The van der Waals surface area contributed by atoms with Crippen molar-refractivity contribution in [2.45, 2.75) is 51.4 Å². The second-order valence-corrected chi connectivity index (χ2v) is 5.96. The molecule has 2 heterocycles. The van der Waals surface area contributed by atoms with Gasteiger partial charge >= 0.3 is 6.03 Å². The molecule has 2 fully saturated rings. The first-order chi connectivity index (χ1) is 10.1. The molecule has 2 aliphatic heterocycles. The average Bonchev–Trinajstić information content (AvgIpc) is 2.95. The monoisotopic (exact) mass is 294 g/mol. The van der Waals surface area contributed by atoms with E-state index in [-0.39, 0.29) is 18.0 Å². The van der Waals surface area contributed by atoms with Crippen LogP contribution in [0.5, 0.6) is 0 Å². The van der Waals surface area contributed by atoms with Crippen molar-refractivity contribution in [2.75, 3.05) is 26.3 Å². The number of nitrogens with one attached hydrogen (secondary N) is 1. The summed E-state index contributed by atoms with van der Waals surface area (Å²) in [5.74, 6) is 2.30. The molecular formula is C16H26N2O3. The first-order valence-electron chi connectivity index (χ1n) is 7.86. The van der Waals surface area contributed by atoms with Crippen molar-refractivity contribution >= 4 is 6.03 Å². The van der Waals surface area contributed by atoms with Crippen LogP contribution < -0.4 is 5.32 Å². The van der Waals surface area contributed by atoms with Crippen molar-refractivity contribution in [1.82, 2.24) is 10.2 Å². The van der Waals surface area contributed by atoms with Gasteiger partial charge in [0, 0.05) is 31.5 Å². The molecule has 5 nitrogen and oxygen atoms in total. The van der Waals surface area contributed by atoms with Gasteiger partial charge in [0.15, 0.2) is 5.79 Å². The molecule has 0 saturated carbocycles. The Labute approximate surface area is 127 Å². The summed E-state index contributed by atoms with van der Waals surface area (Å²) in [4.78, 5) is 14.2. The van der Waals surface area contributed by atoms with Crippen molar-refractivity contribution in [3.8, 4) is 12.3 Å². The lowest BCUT2D eigenvalue weighted by Gasteiger charge is -2.40. The van der Waals surface area contributed by atoms with Crippen LogP contribution in [0, 0.1) is 18.3 Å². The molecule has 0 aromatic rings. The van der Waals surface area contributed by atoms with Crippen LogP contribution in [0.3, 0.4) is 0 Å². The van der Waals surface area contributed by atoms with Gasteiger partial charge in [0.1, 0.15) is 0 Å². The molecule has 0 aliphatic carbocycles. The Morgan fingerprint density at radius 2 is 2.24 bits per heavy atom. The molecular weight excluding hydrogens is 268 g/mol. The Morgan fingerprint density at radius 3 is 2.86 bits per heavy atom. The summed E-state index contributed by atoms with van der Waals surface area (Å²) in [5, 5.41) is 3.02. The van der Waals surface area contributed by atoms with Crippen molar-refractivity contribution in [1.29, 1.82) is 0 Å². The molecule has 118 valence electrons. The van der Waals surface area contributed by atoms with Gasteiger partial charge in [0.05, 0.1) is 13.2 Å². The van der Waals surface area contributed by atoms with Gasteiger partial charge in [-0.25, -0.2) is 4.79 Å². The van der Waals surface area contributed by atoms with Crippen LogP contribution >= 0.6 is 0 Å². The zero-order chi connectivity index (χ0) is 15.3. The third kappa shape index (κ3) is 3.90. The Balaban J connectivity index is 1.91. The number of urea groups is 1. The van der Waals surface area contributed by atoms with Gasteiger partial charge in [-0.05, 0) is 26.2 Å². The minimum Gasteiger partial charge on any atom is -0.347 e. The predicted molar refractivity (Wildman–Crippen MR) is 80.7 cm³/mol. The van der Waals surface area contributed by atoms with Crippen molar-refractivity contribution in [3.63, 3.8) is 0 Å². The van der Waals surface area contributed by atoms with E-state index in [1.165, 1.54) is 0 Å². The highest BCUT2D eigenvalue weighted by Crippen LogP contribution is 2.34. The smallest absolute Gasteiger partial charge is 0.317 e. The van der Waals surface area contributed by atoms with E-state index in [9.17, 15) is 4.79 Å². The highest BCUT2D eigenvalue weighted by atomic mass is 16.7. The van der Waals surface area contributed by atoms with E-state index in [4.69, 9.17) is 15.9 Å². The molecule has 0 unspecified atom stereocenters. The molecule has 2 rings (SSSR count). The number of amides is 2. The fraction of sp³-hybridized carbons (Fsp3) is 0.812. The fourth-order valence-electron chi connectivity index (χ4n) is 3.06. The Hall–Kier alpha value is -1.25. The summed E-state index contributed by atoms with van der Waals surface area (Å²) in [6.07, 6.45) is 8.76. The molecule has 0 spiro atoms. The van der Waals surface area contributed by atoms with Crippen molar-refractivity contribution in [3.05, 3.63) is 0 Å². The molecule has 2 saturated heterocycles. The maximum Gasteiger partial charge on any atom is 0.317 e. The number of hydrogen-bond acceptors (Lipinski definition) is 3. The molecule has 0 aromatic carbocycles. The third-order valence-corrected chi connectivity index (χ3v) is 4.50. The van der Waals surface area contributed by atoms with E-state index in [1.807, 2.05) is 18.7 Å². The van der Waals surface area contributed by atoms with Crippen molar-refractivity contribution in [2.24, 2.45) is 5.92 Å². The van der Waals surface area contributed by atoms with Gasteiger partial charge in [0.25, 0.3) is 0 Å². The SMILES string of the molecule is C#CC[C@H](CC)NC(=O)N1CCC[C@@H](C2(C)OCCO2)C1. The summed E-state index contributed by atoms with van der Waals surface area (Å²) < 4.78 is 11.5. The number of carbonyl (C=O) groups excluding carboxylic acids is 1. The number of carbonyl (C=O) groups is 1. The fourth-order valence-corrected chi connectivity index (χ4v) is 3.06. The summed E-state index contributed by atoms with van der Waals surface area (Å²) >= 11 is 0. The lowest BCUT2D eigenvalue weighted by Crippen LogP contribution is -2.52. The summed E-state index contributed by atoms with van der Waals surface area (Å²) in [6, 6.07) is 0.0286. The van der Waals surface area contributed by atoms with Crippen LogP contribution in [-0.4, -0.2) is 49.1 Å². The van der Waals surface area contributed by atoms with Crippen LogP contribution in [0.15, 0.2) is 0 Å². The van der Waals surface area contributed by atoms with Crippen LogP contribution in [0.4, 0.5) is 4.79 Å². The highest BCUT2D eigenvalue weighted by molar-refractivity contribution is 5.74. The maximum atomic E-state index is 12.4. The minimum atomic E-state index is -0.540. The van der Waals surface area contributed by atoms with Gasteiger partial charge in [-0.15, -0.1) is 12.3 Å². The van der Waals surface area contributed by atoms with Crippen LogP contribution in [0.25, 0.3) is 0 Å². The second kappa shape index (κ2) is 7.15. The number of nitrogens with zero attached hydrogens (tertiary/aromatic N) is 1. The topological polar surface area (TPSA) is 50.8 Å². The second-order valence-electron chi connectivity index (χ2n) is 5.96. The van der Waals surface area contributed by atoms with E-state index in [0.29, 0.717) is 26.2 Å². The number of piperidine rings is 1. The van der Waals surface area contributed by atoms with E-state index in [1.54, 1.807) is 0 Å². The Bertz CT molecular complexity index is 399. The van der Waals surface area contributed by atoms with Crippen LogP contribution in [0.1, 0.15) is 39.5 Å². The molecule has 5 heteroatoms. The van der Waals surface area contributed by atoms with E-state index in [2.05, 4.69) is 11.2 Å². The standard InChI is InChI=1S/C16H26N2O3/c1-4-7-14(5-2)17-15(19)18-9-6-8-13(12-18)16(3)20-10-11-21-16/h1,13-14H,5-12H2,2-3H3,(H,17,19)/t13-,14+/m1/s1. The predicted octanol–water partition coefficient (Wildman–Crippen LogP) is 1.97. The Morgan fingerprint density at radius 1 is 1.52 bits per heavy atom. The van der Waals surface area contributed by atoms with Gasteiger partial charge in [-0.1, -0.05) is 6.92 Å². The normalized spacial score (nSPS) is 26.1. The summed E-state index contributed by atoms with van der Waals surface area (Å²) in [6.45, 7) is 6.75. The minimum absolute atomic E-state index is 0.0246. The number of rotatable bonds is 4. The summed E-state index contributed by atoms with van der Waals surface area (Å²) in [5.41, 5.74) is 0. The zero-order valence-corrected chi connectivity index (χ0v) is 13.1. The van der Waals surface area contributed by atoms with E-state index >= 15 is 0 Å². The first-order valence-corrected chi connectivity index (χ1v) is 7.86. The summed E-state index contributed by atoms with van der Waals surface area (Å²) in [7, 11) is 0. The maximum absolute atomic E-state index is 12.4. The third-order valence-electron chi connectivity index (χ3n) is 4.50. The molecule has 0 bridgehead atoms. The largest absolute Gasteiger partial charge is 0.347 e. The first kappa shape index (κ1) is 16.1. The number of ether oxygens (including phenoxy) is 2. The lowest BCUT2D eigenvalue weighted by atomic mass is 9.90. The number of likely N-dealkylation sites (tertiary alicyclic amines) is 1. The quantitative estimate of drug-likeness (QED) is 0.807. The van der Waals surface area contributed by atoms with E-state index < -0.39 is 5.79 Å². The molecule has 21 heavy (non-hydrogen) atoms. The van der Waals surface area contributed by atoms with E-state index in [0.717, 1.165) is 25.8 Å². The molecule has 2 atom stereocenters. The number of hydrogen-bond donors (Lipinski definition) is 1. The molecule has 0 radical (unpaired) electrons. The van der Waals surface area contributed by atoms with Gasteiger partial charge in [-0.3, -0.25) is 0 Å². The molecule has 1 N–H and O–H groups in total. The molecule has 2 amide bonds.